The van der Waals surface area contributed by atoms with Gasteiger partial charge in [0.05, 0.1) is 0 Å². The molecule has 1 aliphatic rings. The summed E-state index contributed by atoms with van der Waals surface area (Å²) < 4.78 is 0. The van der Waals surface area contributed by atoms with Gasteiger partial charge in [-0.2, -0.15) is 0 Å². The number of hydrogen-bond acceptors (Lipinski definition) is 3. The van der Waals surface area contributed by atoms with Gasteiger partial charge in [-0.05, 0) is 42.2 Å². The van der Waals surface area contributed by atoms with E-state index in [0.29, 0.717) is 24.7 Å². The average Bonchev–Trinajstić information content (AvgIpc) is 2.92. The summed E-state index contributed by atoms with van der Waals surface area (Å²) in [6.45, 7) is 8.51. The summed E-state index contributed by atoms with van der Waals surface area (Å²) in [5.41, 5.74) is 8.32. The van der Waals surface area contributed by atoms with E-state index >= 15 is 0 Å². The van der Waals surface area contributed by atoms with Crippen LogP contribution in [0.1, 0.15) is 89.3 Å². The van der Waals surface area contributed by atoms with Crippen molar-refractivity contribution in [3.63, 3.8) is 0 Å². The van der Waals surface area contributed by atoms with Crippen LogP contribution < -0.4 is 5.73 Å². The van der Waals surface area contributed by atoms with E-state index in [1.165, 1.54) is 11.1 Å². The number of nitrogens with two attached hydrogens (primary N) is 1. The van der Waals surface area contributed by atoms with Crippen molar-refractivity contribution >= 4 is 11.8 Å². The molecule has 0 amide bonds. The number of aliphatic carboxylic acids is 1. The monoisotopic (exact) mass is 361 g/mol. The molecule has 0 aliphatic heterocycles. The van der Waals surface area contributed by atoms with Crippen LogP contribution in [0, 0.1) is 11.8 Å². The van der Waals surface area contributed by atoms with E-state index in [2.05, 4.69) is 45.0 Å². The minimum absolute atomic E-state index is 0.103. The second-order valence-electron chi connectivity index (χ2n) is 7.82. The van der Waals surface area contributed by atoms with Gasteiger partial charge in [-0.1, -0.05) is 57.9 Å². The third-order valence-electron chi connectivity index (χ3n) is 5.14. The first-order valence-corrected chi connectivity index (χ1v) is 9.83. The lowest BCUT2D eigenvalue weighted by Crippen LogP contribution is -2.12. The smallest absolute Gasteiger partial charge is 0.303 e. The summed E-state index contributed by atoms with van der Waals surface area (Å²) in [5, 5.41) is 8.69. The fourth-order valence-electron chi connectivity index (χ4n) is 3.45. The lowest BCUT2D eigenvalue weighted by Gasteiger charge is -2.15. The normalized spacial score (nSPS) is 20.6. The third-order valence-corrected chi connectivity index (χ3v) is 5.14. The van der Waals surface area contributed by atoms with Crippen molar-refractivity contribution in [2.75, 3.05) is 0 Å². The zero-order chi connectivity index (χ0) is 19.7. The third kappa shape index (κ3) is 7.69. The van der Waals surface area contributed by atoms with Crippen LogP contribution >= 0.6 is 0 Å². The van der Waals surface area contributed by atoms with Crippen molar-refractivity contribution in [1.82, 2.24) is 0 Å². The van der Waals surface area contributed by atoms with Gasteiger partial charge < -0.3 is 10.8 Å². The molecule has 26 heavy (non-hydrogen) atoms. The number of carboxylic acids is 1. The molecule has 0 radical (unpaired) electrons. The van der Waals surface area contributed by atoms with Crippen LogP contribution in [0.3, 0.4) is 0 Å². The van der Waals surface area contributed by atoms with Crippen molar-refractivity contribution in [3.8, 4) is 0 Å². The Bertz CT molecular complexity index is 536. The Hall–Kier alpha value is -1.68. The quantitative estimate of drug-likeness (QED) is 0.710. The molecule has 3 unspecified atom stereocenters. The van der Waals surface area contributed by atoms with Gasteiger partial charge in [0.25, 0.3) is 0 Å². The molecule has 0 aromatic heterocycles. The van der Waals surface area contributed by atoms with Crippen LogP contribution in [0.2, 0.25) is 0 Å². The number of hydrogen-bond donors (Lipinski definition) is 2. The Balaban J connectivity index is 0.000000263. The van der Waals surface area contributed by atoms with Crippen molar-refractivity contribution in [1.29, 1.82) is 0 Å². The molecule has 1 fully saturated rings. The van der Waals surface area contributed by atoms with Crippen molar-refractivity contribution in [3.05, 3.63) is 35.4 Å². The molecule has 4 nitrogen and oxygen atoms in total. The molecule has 146 valence electrons. The lowest BCUT2D eigenvalue weighted by atomic mass is 9.89. The highest BCUT2D eigenvalue weighted by Gasteiger charge is 2.33. The number of rotatable bonds is 7. The number of unbranched alkanes of at least 4 members (excludes halogenated alkanes) is 1. The van der Waals surface area contributed by atoms with E-state index in [4.69, 9.17) is 10.8 Å². The van der Waals surface area contributed by atoms with Gasteiger partial charge in [-0.15, -0.1) is 0 Å². The Morgan fingerprint density at radius 2 is 1.65 bits per heavy atom. The summed E-state index contributed by atoms with van der Waals surface area (Å²) in [5.74, 6) is 0.515. The minimum Gasteiger partial charge on any atom is -0.481 e. The molecule has 4 heteroatoms. The molecule has 1 aromatic carbocycles. The summed E-state index contributed by atoms with van der Waals surface area (Å²) in [6.07, 6.45) is 4.50. The number of Topliss-reactive ketones (excluding diaryl/α,β-unsaturated/α-hetero) is 1. The first-order valence-electron chi connectivity index (χ1n) is 9.83. The zero-order valence-corrected chi connectivity index (χ0v) is 16.7. The maximum absolute atomic E-state index is 11.2. The van der Waals surface area contributed by atoms with Crippen LogP contribution in [-0.2, 0) is 9.59 Å². The summed E-state index contributed by atoms with van der Waals surface area (Å²) in [6, 6.07) is 8.68. The van der Waals surface area contributed by atoms with Gasteiger partial charge in [0.1, 0.15) is 5.78 Å². The largest absolute Gasteiger partial charge is 0.481 e. The molecule has 1 aliphatic carbocycles. The van der Waals surface area contributed by atoms with Crippen LogP contribution in [0.4, 0.5) is 0 Å². The Labute approximate surface area is 158 Å². The number of benzene rings is 1. The van der Waals surface area contributed by atoms with E-state index in [-0.39, 0.29) is 24.2 Å². The molecule has 3 atom stereocenters. The molecular formula is C22H35NO3. The van der Waals surface area contributed by atoms with Crippen LogP contribution in [0.15, 0.2) is 24.3 Å². The van der Waals surface area contributed by atoms with Gasteiger partial charge in [0, 0.05) is 25.3 Å². The second kappa shape index (κ2) is 11.1. The van der Waals surface area contributed by atoms with Gasteiger partial charge in [-0.3, -0.25) is 9.59 Å². The summed E-state index contributed by atoms with van der Waals surface area (Å²) >= 11 is 0. The van der Waals surface area contributed by atoms with E-state index in [9.17, 15) is 9.59 Å². The number of carboxylic acid groups (broad SMARTS) is 1. The number of carbonyl (C=O) groups is 2. The lowest BCUT2D eigenvalue weighted by molar-refractivity contribution is -0.138. The summed E-state index contributed by atoms with van der Waals surface area (Å²) in [4.78, 5) is 21.8. The van der Waals surface area contributed by atoms with Crippen LogP contribution in [0.5, 0.6) is 0 Å². The fraction of sp³-hybridized carbons (Fsp3) is 0.636. The van der Waals surface area contributed by atoms with Crippen LogP contribution in [-0.4, -0.2) is 16.9 Å². The highest BCUT2D eigenvalue weighted by Crippen LogP contribution is 2.35. The highest BCUT2D eigenvalue weighted by molar-refractivity contribution is 5.82. The van der Waals surface area contributed by atoms with Gasteiger partial charge in [0.2, 0.25) is 0 Å². The second-order valence-corrected chi connectivity index (χ2v) is 7.82. The zero-order valence-electron chi connectivity index (χ0n) is 16.7. The first kappa shape index (κ1) is 22.4. The molecule has 1 saturated carbocycles. The predicted molar refractivity (Wildman–Crippen MR) is 106 cm³/mol. The molecule has 1 aromatic rings. The SMILES string of the molecule is CC(C)c1ccc(C(C)N)cc1.CCCCC1CC(=O)CC1CC(=O)O. The van der Waals surface area contributed by atoms with E-state index in [1.807, 2.05) is 6.92 Å². The predicted octanol–water partition coefficient (Wildman–Crippen LogP) is 5.08. The molecule has 0 spiro atoms. The standard InChI is InChI=1S/C11H17N.C11H18O3/c1-8(2)10-4-6-11(7-5-10)9(3)12;1-2-3-4-8-5-10(12)6-9(8)7-11(13)14/h4-9H,12H2,1-3H3;8-9H,2-7H2,1H3,(H,13,14). The number of carbonyl (C=O) groups excluding carboxylic acids is 1. The number of ketones is 1. The van der Waals surface area contributed by atoms with Gasteiger partial charge >= 0.3 is 5.97 Å². The molecule has 0 saturated heterocycles. The van der Waals surface area contributed by atoms with Gasteiger partial charge in [-0.25, -0.2) is 0 Å². The maximum Gasteiger partial charge on any atom is 0.303 e. The van der Waals surface area contributed by atoms with Crippen LogP contribution in [0.25, 0.3) is 0 Å². The van der Waals surface area contributed by atoms with Gasteiger partial charge in [0.15, 0.2) is 0 Å². The van der Waals surface area contributed by atoms with E-state index in [0.717, 1.165) is 19.3 Å². The fourth-order valence-corrected chi connectivity index (χ4v) is 3.45. The van der Waals surface area contributed by atoms with Crippen molar-refractivity contribution in [2.45, 2.75) is 78.2 Å². The molecule has 2 rings (SSSR count). The Kier molecular flexibility index (Phi) is 9.57. The average molecular weight is 362 g/mol. The molecule has 0 heterocycles. The minimum atomic E-state index is -0.772. The Morgan fingerprint density at radius 3 is 2.12 bits per heavy atom. The first-order chi connectivity index (χ1) is 12.2. The van der Waals surface area contributed by atoms with Crippen molar-refractivity contribution in [2.24, 2.45) is 17.6 Å². The topological polar surface area (TPSA) is 80.4 Å². The van der Waals surface area contributed by atoms with E-state index < -0.39 is 5.97 Å². The maximum atomic E-state index is 11.2. The summed E-state index contributed by atoms with van der Waals surface area (Å²) in [7, 11) is 0. The molecule has 0 bridgehead atoms. The molecule has 3 N–H and O–H groups in total. The molecular weight excluding hydrogens is 326 g/mol. The Morgan fingerprint density at radius 1 is 1.12 bits per heavy atom. The van der Waals surface area contributed by atoms with E-state index in [1.54, 1.807) is 0 Å². The highest BCUT2D eigenvalue weighted by atomic mass is 16.4. The van der Waals surface area contributed by atoms with Crippen molar-refractivity contribution < 1.29 is 14.7 Å².